The van der Waals surface area contributed by atoms with Gasteiger partial charge < -0.3 is 10.1 Å². The monoisotopic (exact) mass is 307 g/mol. The van der Waals surface area contributed by atoms with Crippen molar-refractivity contribution in [1.82, 2.24) is 10.2 Å². The predicted octanol–water partition coefficient (Wildman–Crippen LogP) is 1.21. The third-order valence-corrected chi connectivity index (χ3v) is 4.75. The van der Waals surface area contributed by atoms with Crippen LogP contribution in [0.5, 0.6) is 0 Å². The SMILES string of the molecule is COC(=O)C[C@@H]1CCCCN1CC(=O)N[C@@](C)(C#N)C1CC1. The number of rotatable bonds is 6. The van der Waals surface area contributed by atoms with Crippen LogP contribution in [0, 0.1) is 17.2 Å². The number of carbonyl (C=O) groups is 2. The molecule has 1 aliphatic carbocycles. The number of amides is 1. The van der Waals surface area contributed by atoms with E-state index in [1.54, 1.807) is 6.92 Å². The molecule has 1 aliphatic heterocycles. The predicted molar refractivity (Wildman–Crippen MR) is 80.7 cm³/mol. The Balaban J connectivity index is 1.90. The van der Waals surface area contributed by atoms with Crippen molar-refractivity contribution in [2.24, 2.45) is 5.92 Å². The number of esters is 1. The van der Waals surface area contributed by atoms with Crippen molar-refractivity contribution < 1.29 is 14.3 Å². The number of hydrogen-bond donors (Lipinski definition) is 1. The third kappa shape index (κ3) is 4.20. The number of hydrogen-bond acceptors (Lipinski definition) is 5. The van der Waals surface area contributed by atoms with Crippen LogP contribution < -0.4 is 5.32 Å². The number of likely N-dealkylation sites (tertiary alicyclic amines) is 1. The average Bonchev–Trinajstić information content (AvgIpc) is 3.34. The van der Waals surface area contributed by atoms with Crippen LogP contribution in [0.25, 0.3) is 0 Å². The van der Waals surface area contributed by atoms with Gasteiger partial charge in [-0.3, -0.25) is 14.5 Å². The molecule has 1 amide bonds. The van der Waals surface area contributed by atoms with E-state index in [-0.39, 0.29) is 30.4 Å². The maximum atomic E-state index is 12.3. The van der Waals surface area contributed by atoms with Gasteiger partial charge in [-0.05, 0) is 45.1 Å². The fraction of sp³-hybridized carbons (Fsp3) is 0.812. The van der Waals surface area contributed by atoms with Gasteiger partial charge in [-0.15, -0.1) is 0 Å². The minimum atomic E-state index is -0.759. The molecule has 0 aromatic rings. The van der Waals surface area contributed by atoms with Crippen LogP contribution >= 0.6 is 0 Å². The first-order valence-electron chi connectivity index (χ1n) is 8.01. The molecule has 6 nitrogen and oxygen atoms in total. The Kier molecular flexibility index (Phi) is 5.41. The molecule has 0 radical (unpaired) electrons. The molecule has 2 rings (SSSR count). The van der Waals surface area contributed by atoms with E-state index in [9.17, 15) is 14.9 Å². The quantitative estimate of drug-likeness (QED) is 0.746. The second-order valence-corrected chi connectivity index (χ2v) is 6.54. The van der Waals surface area contributed by atoms with E-state index in [1.807, 2.05) is 4.90 Å². The van der Waals surface area contributed by atoms with Crippen molar-refractivity contribution in [3.8, 4) is 6.07 Å². The van der Waals surface area contributed by atoms with Crippen molar-refractivity contribution in [2.45, 2.75) is 57.0 Å². The standard InChI is InChI=1S/C16H25N3O3/c1-16(11-17,12-6-7-12)18-14(20)10-19-8-4-3-5-13(19)9-15(21)22-2/h12-13H,3-10H2,1-2H3,(H,18,20)/t13-,16-/m0/s1. The van der Waals surface area contributed by atoms with Crippen molar-refractivity contribution in [3.63, 3.8) is 0 Å². The largest absolute Gasteiger partial charge is 0.469 e. The van der Waals surface area contributed by atoms with Gasteiger partial charge in [-0.1, -0.05) is 6.42 Å². The summed E-state index contributed by atoms with van der Waals surface area (Å²) in [6, 6.07) is 2.29. The molecule has 0 unspecified atom stereocenters. The molecule has 2 aliphatic rings. The summed E-state index contributed by atoms with van der Waals surface area (Å²) < 4.78 is 4.73. The molecule has 0 aromatic heterocycles. The van der Waals surface area contributed by atoms with Gasteiger partial charge in [0.05, 0.1) is 26.1 Å². The van der Waals surface area contributed by atoms with Gasteiger partial charge in [0.1, 0.15) is 5.54 Å². The molecule has 0 bridgehead atoms. The van der Waals surface area contributed by atoms with E-state index >= 15 is 0 Å². The highest BCUT2D eigenvalue weighted by Crippen LogP contribution is 2.39. The van der Waals surface area contributed by atoms with Gasteiger partial charge in [0.2, 0.25) is 5.91 Å². The van der Waals surface area contributed by atoms with Crippen molar-refractivity contribution in [1.29, 1.82) is 5.26 Å². The molecule has 6 heteroatoms. The Hall–Kier alpha value is -1.61. The first kappa shape index (κ1) is 16.8. The summed E-state index contributed by atoms with van der Waals surface area (Å²) >= 11 is 0. The molecular formula is C16H25N3O3. The van der Waals surface area contributed by atoms with E-state index < -0.39 is 5.54 Å². The fourth-order valence-electron chi connectivity index (χ4n) is 3.17. The van der Waals surface area contributed by atoms with Crippen molar-refractivity contribution in [2.75, 3.05) is 20.2 Å². The lowest BCUT2D eigenvalue weighted by Crippen LogP contribution is -2.52. The lowest BCUT2D eigenvalue weighted by Gasteiger charge is -2.35. The minimum absolute atomic E-state index is 0.0567. The van der Waals surface area contributed by atoms with E-state index in [0.717, 1.165) is 38.6 Å². The summed E-state index contributed by atoms with van der Waals surface area (Å²) in [6.07, 6.45) is 5.32. The summed E-state index contributed by atoms with van der Waals surface area (Å²) in [4.78, 5) is 25.8. The van der Waals surface area contributed by atoms with Crippen LogP contribution in [0.4, 0.5) is 0 Å². The molecule has 0 aromatic carbocycles. The smallest absolute Gasteiger partial charge is 0.307 e. The number of methoxy groups -OCH3 is 1. The first-order chi connectivity index (χ1) is 10.5. The van der Waals surface area contributed by atoms with Gasteiger partial charge >= 0.3 is 5.97 Å². The van der Waals surface area contributed by atoms with Crippen molar-refractivity contribution >= 4 is 11.9 Å². The number of ether oxygens (including phenoxy) is 1. The van der Waals surface area contributed by atoms with E-state index in [1.165, 1.54) is 7.11 Å². The van der Waals surface area contributed by atoms with Crippen LogP contribution in [0.3, 0.4) is 0 Å². The number of nitrogens with zero attached hydrogens (tertiary/aromatic N) is 2. The zero-order valence-electron chi connectivity index (χ0n) is 13.4. The summed E-state index contributed by atoms with van der Waals surface area (Å²) in [5.41, 5.74) is -0.759. The van der Waals surface area contributed by atoms with Crippen LogP contribution in [-0.4, -0.2) is 48.6 Å². The van der Waals surface area contributed by atoms with Crippen molar-refractivity contribution in [3.05, 3.63) is 0 Å². The molecule has 1 N–H and O–H groups in total. The van der Waals surface area contributed by atoms with Crippen LogP contribution in [-0.2, 0) is 14.3 Å². The Labute approximate surface area is 131 Å². The normalized spacial score (nSPS) is 24.9. The lowest BCUT2D eigenvalue weighted by atomic mass is 9.97. The van der Waals surface area contributed by atoms with Gasteiger partial charge in [0, 0.05) is 6.04 Å². The third-order valence-electron chi connectivity index (χ3n) is 4.75. The molecule has 0 spiro atoms. The molecule has 1 saturated carbocycles. The topological polar surface area (TPSA) is 82.4 Å². The van der Waals surface area contributed by atoms with E-state index in [2.05, 4.69) is 11.4 Å². The van der Waals surface area contributed by atoms with Crippen LogP contribution in [0.2, 0.25) is 0 Å². The number of nitrogens with one attached hydrogen (secondary N) is 1. The summed E-state index contributed by atoms with van der Waals surface area (Å²) in [5.74, 6) is -0.0986. The average molecular weight is 307 g/mol. The lowest BCUT2D eigenvalue weighted by molar-refractivity contribution is -0.143. The van der Waals surface area contributed by atoms with E-state index in [0.29, 0.717) is 6.42 Å². The zero-order chi connectivity index (χ0) is 16.2. The highest BCUT2D eigenvalue weighted by Gasteiger charge is 2.43. The number of nitriles is 1. The highest BCUT2D eigenvalue weighted by molar-refractivity contribution is 5.79. The molecule has 1 saturated heterocycles. The minimum Gasteiger partial charge on any atom is -0.469 e. The second kappa shape index (κ2) is 7.10. The molecule has 22 heavy (non-hydrogen) atoms. The Morgan fingerprint density at radius 3 is 2.68 bits per heavy atom. The van der Waals surface area contributed by atoms with Gasteiger partial charge in [0.25, 0.3) is 0 Å². The Morgan fingerprint density at radius 1 is 1.36 bits per heavy atom. The second-order valence-electron chi connectivity index (χ2n) is 6.54. The summed E-state index contributed by atoms with van der Waals surface area (Å²) in [5, 5.41) is 12.2. The maximum Gasteiger partial charge on any atom is 0.307 e. The van der Waals surface area contributed by atoms with Crippen LogP contribution in [0.1, 0.15) is 45.4 Å². The Bertz CT molecular complexity index is 470. The summed E-state index contributed by atoms with van der Waals surface area (Å²) in [6.45, 7) is 2.85. The maximum absolute atomic E-state index is 12.3. The molecule has 2 atom stereocenters. The van der Waals surface area contributed by atoms with Gasteiger partial charge in [-0.25, -0.2) is 0 Å². The molecular weight excluding hydrogens is 282 g/mol. The van der Waals surface area contributed by atoms with Gasteiger partial charge in [-0.2, -0.15) is 5.26 Å². The zero-order valence-corrected chi connectivity index (χ0v) is 13.4. The fourth-order valence-corrected chi connectivity index (χ4v) is 3.17. The highest BCUT2D eigenvalue weighted by atomic mass is 16.5. The number of carbonyl (C=O) groups excluding carboxylic acids is 2. The Morgan fingerprint density at radius 2 is 2.09 bits per heavy atom. The van der Waals surface area contributed by atoms with Crippen LogP contribution in [0.15, 0.2) is 0 Å². The molecule has 122 valence electrons. The first-order valence-corrected chi connectivity index (χ1v) is 8.01. The van der Waals surface area contributed by atoms with E-state index in [4.69, 9.17) is 4.74 Å². The summed E-state index contributed by atoms with van der Waals surface area (Å²) in [7, 11) is 1.39. The molecule has 1 heterocycles. The molecule has 2 fully saturated rings. The van der Waals surface area contributed by atoms with Gasteiger partial charge in [0.15, 0.2) is 0 Å². The number of piperidine rings is 1.